The summed E-state index contributed by atoms with van der Waals surface area (Å²) >= 11 is 0. The molecule has 0 spiro atoms. The molecule has 3 rings (SSSR count). The molecule has 1 aliphatic carbocycles. The molecule has 1 nitrogen and oxygen atoms in total. The Morgan fingerprint density at radius 2 is 2.00 bits per heavy atom. The summed E-state index contributed by atoms with van der Waals surface area (Å²) in [7, 11) is 0. The molecule has 1 N–H and O–H groups in total. The van der Waals surface area contributed by atoms with E-state index in [2.05, 4.69) is 44.3 Å². The molecule has 0 aromatic heterocycles. The third kappa shape index (κ3) is 1.99. The van der Waals surface area contributed by atoms with Crippen LogP contribution in [-0.2, 0) is 6.42 Å². The van der Waals surface area contributed by atoms with Crippen LogP contribution in [0.25, 0.3) is 0 Å². The summed E-state index contributed by atoms with van der Waals surface area (Å²) in [5.74, 6) is 0.761. The van der Waals surface area contributed by atoms with Crippen molar-refractivity contribution in [2.24, 2.45) is 5.41 Å². The molecule has 0 saturated carbocycles. The van der Waals surface area contributed by atoms with E-state index in [1.165, 1.54) is 32.2 Å². The van der Waals surface area contributed by atoms with Gasteiger partial charge in [0.1, 0.15) is 0 Å². The Bertz CT molecular complexity index is 441. The maximum absolute atomic E-state index is 3.81. The highest BCUT2D eigenvalue weighted by atomic mass is 14.9. The minimum atomic E-state index is 0.298. The first-order valence-electron chi connectivity index (χ1n) is 7.42. The van der Waals surface area contributed by atoms with E-state index in [9.17, 15) is 0 Å². The zero-order valence-electron chi connectivity index (χ0n) is 11.9. The zero-order chi connectivity index (χ0) is 12.8. The van der Waals surface area contributed by atoms with Crippen molar-refractivity contribution < 1.29 is 0 Å². The number of hydrogen-bond donors (Lipinski definition) is 1. The molecule has 2 atom stereocenters. The van der Waals surface area contributed by atoms with Gasteiger partial charge in [0.15, 0.2) is 0 Å². The summed E-state index contributed by atoms with van der Waals surface area (Å²) < 4.78 is 0. The molecule has 0 fully saturated rings. The largest absolute Gasteiger partial charge is 0.309 e. The lowest BCUT2D eigenvalue weighted by molar-refractivity contribution is 0.251. The summed E-state index contributed by atoms with van der Waals surface area (Å²) in [6, 6.07) is 7.51. The number of hydrogen-bond acceptors (Lipinski definition) is 1. The number of benzene rings is 1. The molecule has 1 aromatic rings. The van der Waals surface area contributed by atoms with E-state index in [1.807, 2.05) is 0 Å². The van der Waals surface area contributed by atoms with Gasteiger partial charge in [0.05, 0.1) is 0 Å². The fourth-order valence-corrected chi connectivity index (χ4v) is 3.80. The van der Waals surface area contributed by atoms with Gasteiger partial charge < -0.3 is 5.32 Å². The van der Waals surface area contributed by atoms with E-state index >= 15 is 0 Å². The summed E-state index contributed by atoms with van der Waals surface area (Å²) in [5, 5.41) is 3.81. The average molecular weight is 243 g/mol. The molecule has 0 saturated heterocycles. The number of nitrogens with one attached hydrogen (secondary N) is 1. The molecule has 0 radical (unpaired) electrons. The van der Waals surface area contributed by atoms with Gasteiger partial charge in [-0.25, -0.2) is 0 Å². The van der Waals surface area contributed by atoms with E-state index in [0.29, 0.717) is 11.5 Å². The van der Waals surface area contributed by atoms with E-state index in [0.717, 1.165) is 5.92 Å². The smallest absolute Gasteiger partial charge is 0.0372 e. The summed E-state index contributed by atoms with van der Waals surface area (Å²) in [4.78, 5) is 0. The quantitative estimate of drug-likeness (QED) is 0.720. The van der Waals surface area contributed by atoms with Crippen molar-refractivity contribution in [3.8, 4) is 0 Å². The molecule has 1 heterocycles. The molecule has 1 heteroatoms. The van der Waals surface area contributed by atoms with Gasteiger partial charge in [-0.15, -0.1) is 0 Å². The molecular formula is C17H25N. The van der Waals surface area contributed by atoms with Gasteiger partial charge in [0.2, 0.25) is 0 Å². The lowest BCUT2D eigenvalue weighted by Gasteiger charge is -2.40. The zero-order valence-corrected chi connectivity index (χ0v) is 11.9. The monoisotopic (exact) mass is 243 g/mol. The van der Waals surface area contributed by atoms with E-state index in [4.69, 9.17) is 0 Å². The normalized spacial score (nSPS) is 27.5. The fourth-order valence-electron chi connectivity index (χ4n) is 3.80. The number of aryl methyl sites for hydroxylation is 1. The van der Waals surface area contributed by atoms with Crippen molar-refractivity contribution >= 4 is 0 Å². The van der Waals surface area contributed by atoms with Gasteiger partial charge in [-0.05, 0) is 47.3 Å². The van der Waals surface area contributed by atoms with Crippen LogP contribution < -0.4 is 5.32 Å². The van der Waals surface area contributed by atoms with Gasteiger partial charge in [0.25, 0.3) is 0 Å². The van der Waals surface area contributed by atoms with Crippen molar-refractivity contribution in [2.45, 2.75) is 58.4 Å². The highest BCUT2D eigenvalue weighted by molar-refractivity contribution is 5.43. The Hall–Kier alpha value is -0.820. The summed E-state index contributed by atoms with van der Waals surface area (Å²) in [6.45, 7) is 8.22. The third-order valence-electron chi connectivity index (χ3n) is 4.63. The molecule has 1 aromatic carbocycles. The molecule has 1 aliphatic heterocycles. The standard InChI is InChI=1S/C17H25N/c1-17(2,3)16-14-10-6-9-12-7-4-5-8-13(11-18-16)15(12)14/h6,9-10,13,16,18H,4-5,7-8,11H2,1-3H3. The third-order valence-corrected chi connectivity index (χ3v) is 4.63. The Morgan fingerprint density at radius 3 is 2.78 bits per heavy atom. The van der Waals surface area contributed by atoms with Crippen molar-refractivity contribution in [2.75, 3.05) is 6.54 Å². The number of rotatable bonds is 0. The maximum atomic E-state index is 3.81. The second kappa shape index (κ2) is 4.38. The second-order valence-electron chi connectivity index (χ2n) is 7.07. The van der Waals surface area contributed by atoms with Crippen LogP contribution in [0.5, 0.6) is 0 Å². The van der Waals surface area contributed by atoms with Crippen LogP contribution >= 0.6 is 0 Å². The van der Waals surface area contributed by atoms with Gasteiger partial charge in [-0.2, -0.15) is 0 Å². The molecule has 0 bridgehead atoms. The van der Waals surface area contributed by atoms with Gasteiger partial charge in [0, 0.05) is 12.6 Å². The SMILES string of the molecule is CC(C)(C)C1NCC2CCCCc3cccc1c32. The van der Waals surface area contributed by atoms with Crippen molar-refractivity contribution in [1.82, 2.24) is 5.32 Å². The van der Waals surface area contributed by atoms with Crippen LogP contribution in [-0.4, -0.2) is 6.54 Å². The van der Waals surface area contributed by atoms with Gasteiger partial charge in [-0.1, -0.05) is 45.4 Å². The van der Waals surface area contributed by atoms with Crippen LogP contribution in [0.2, 0.25) is 0 Å². The molecule has 2 unspecified atom stereocenters. The van der Waals surface area contributed by atoms with Crippen LogP contribution in [0.3, 0.4) is 0 Å². The Balaban J connectivity index is 2.11. The Kier molecular flexibility index (Phi) is 2.97. The molecule has 0 amide bonds. The summed E-state index contributed by atoms with van der Waals surface area (Å²) in [5.41, 5.74) is 5.21. The summed E-state index contributed by atoms with van der Waals surface area (Å²) in [6.07, 6.45) is 5.41. The minimum Gasteiger partial charge on any atom is -0.309 e. The molecule has 98 valence electrons. The van der Waals surface area contributed by atoms with Crippen molar-refractivity contribution in [3.63, 3.8) is 0 Å². The Morgan fingerprint density at radius 1 is 1.17 bits per heavy atom. The first kappa shape index (κ1) is 12.2. The molecule has 2 aliphatic rings. The second-order valence-corrected chi connectivity index (χ2v) is 7.07. The fraction of sp³-hybridized carbons (Fsp3) is 0.647. The predicted octanol–water partition coefficient (Wildman–Crippen LogP) is 4.19. The van der Waals surface area contributed by atoms with Crippen molar-refractivity contribution in [1.29, 1.82) is 0 Å². The van der Waals surface area contributed by atoms with Gasteiger partial charge >= 0.3 is 0 Å². The van der Waals surface area contributed by atoms with Crippen LogP contribution in [0.15, 0.2) is 18.2 Å². The minimum absolute atomic E-state index is 0.298. The van der Waals surface area contributed by atoms with E-state index < -0.39 is 0 Å². The Labute approximate surface area is 111 Å². The lowest BCUT2D eigenvalue weighted by atomic mass is 9.74. The highest BCUT2D eigenvalue weighted by Gasteiger charge is 2.35. The van der Waals surface area contributed by atoms with E-state index in [-0.39, 0.29) is 0 Å². The topological polar surface area (TPSA) is 12.0 Å². The molecule has 18 heavy (non-hydrogen) atoms. The molecular weight excluding hydrogens is 218 g/mol. The first-order chi connectivity index (χ1) is 8.57. The predicted molar refractivity (Wildman–Crippen MR) is 76.9 cm³/mol. The van der Waals surface area contributed by atoms with Gasteiger partial charge in [-0.3, -0.25) is 0 Å². The van der Waals surface area contributed by atoms with Crippen LogP contribution in [0.1, 0.15) is 68.7 Å². The van der Waals surface area contributed by atoms with Crippen molar-refractivity contribution in [3.05, 3.63) is 34.9 Å². The van der Waals surface area contributed by atoms with Crippen LogP contribution in [0.4, 0.5) is 0 Å². The lowest BCUT2D eigenvalue weighted by Crippen LogP contribution is -2.40. The first-order valence-corrected chi connectivity index (χ1v) is 7.42. The highest BCUT2D eigenvalue weighted by Crippen LogP contribution is 2.44. The maximum Gasteiger partial charge on any atom is 0.0372 e. The van der Waals surface area contributed by atoms with E-state index in [1.54, 1.807) is 16.7 Å². The average Bonchev–Trinajstić information content (AvgIpc) is 2.52. The van der Waals surface area contributed by atoms with Crippen LogP contribution in [0, 0.1) is 5.41 Å².